The van der Waals surface area contributed by atoms with E-state index in [1.54, 1.807) is 37.3 Å². The summed E-state index contributed by atoms with van der Waals surface area (Å²) in [6, 6.07) is 8.62. The summed E-state index contributed by atoms with van der Waals surface area (Å²) < 4.78 is 5.09. The van der Waals surface area contributed by atoms with Gasteiger partial charge in [-0.25, -0.2) is 0 Å². The van der Waals surface area contributed by atoms with Gasteiger partial charge in [0.15, 0.2) is 0 Å². The van der Waals surface area contributed by atoms with Crippen molar-refractivity contribution in [3.05, 3.63) is 40.3 Å². The number of nitrogens with zero attached hydrogens (tertiary/aromatic N) is 2. The molecule has 0 bridgehead atoms. The van der Waals surface area contributed by atoms with Gasteiger partial charge in [-0.2, -0.15) is 5.26 Å². The summed E-state index contributed by atoms with van der Waals surface area (Å²) in [5.74, 6) is -1.12. The number of carbonyl (C=O) groups excluding carboxylic acids is 3. The highest BCUT2D eigenvalue weighted by atomic mass is 32.2. The van der Waals surface area contributed by atoms with E-state index in [1.165, 1.54) is 0 Å². The first-order valence-electron chi connectivity index (χ1n) is 7.39. The second-order valence-corrected chi connectivity index (χ2v) is 6.20. The molecule has 0 aromatic heterocycles. The predicted octanol–water partition coefficient (Wildman–Crippen LogP) is 2.94. The molecule has 2 rings (SSSR count). The fourth-order valence-corrected chi connectivity index (χ4v) is 2.75. The fourth-order valence-electron chi connectivity index (χ4n) is 1.92. The zero-order valence-electron chi connectivity index (χ0n) is 13.3. The van der Waals surface area contributed by atoms with E-state index in [4.69, 9.17) is 10.00 Å². The Morgan fingerprint density at radius 3 is 2.62 bits per heavy atom. The SMILES string of the molecule is CC[C@H](C)OC(=O)CN1C(=O)S/C(=C/c2ccc(C#N)cc2)C1=O. The average molecular weight is 344 g/mol. The summed E-state index contributed by atoms with van der Waals surface area (Å²) in [5.41, 5.74) is 1.20. The average Bonchev–Trinajstić information content (AvgIpc) is 2.83. The van der Waals surface area contributed by atoms with Crippen molar-refractivity contribution in [3.8, 4) is 6.07 Å². The molecule has 24 heavy (non-hydrogen) atoms. The molecule has 2 amide bonds. The first-order chi connectivity index (χ1) is 11.4. The topological polar surface area (TPSA) is 87.5 Å². The standard InChI is InChI=1S/C17H16N2O4S/c1-3-11(2)23-15(20)10-19-16(21)14(24-17(19)22)8-12-4-6-13(9-18)7-5-12/h4-8,11H,3,10H2,1-2H3/b14-8+/t11-/m0/s1. The highest BCUT2D eigenvalue weighted by Crippen LogP contribution is 2.32. The molecule has 1 aliphatic rings. The van der Waals surface area contributed by atoms with Crippen LogP contribution in [0.2, 0.25) is 0 Å². The number of carbonyl (C=O) groups is 3. The zero-order valence-corrected chi connectivity index (χ0v) is 14.1. The number of imide groups is 1. The molecule has 0 N–H and O–H groups in total. The second-order valence-electron chi connectivity index (χ2n) is 5.21. The van der Waals surface area contributed by atoms with E-state index in [-0.39, 0.29) is 17.6 Å². The van der Waals surface area contributed by atoms with Gasteiger partial charge >= 0.3 is 5.97 Å². The van der Waals surface area contributed by atoms with Gasteiger partial charge in [-0.15, -0.1) is 0 Å². The summed E-state index contributed by atoms with van der Waals surface area (Å²) >= 11 is 0.779. The molecule has 7 heteroatoms. The Bertz CT molecular complexity index is 734. The van der Waals surface area contributed by atoms with Crippen LogP contribution < -0.4 is 0 Å². The Hall–Kier alpha value is -2.59. The number of hydrogen-bond donors (Lipinski definition) is 0. The highest BCUT2D eigenvalue weighted by molar-refractivity contribution is 8.18. The van der Waals surface area contributed by atoms with E-state index in [0.717, 1.165) is 16.7 Å². The van der Waals surface area contributed by atoms with Gasteiger partial charge in [-0.1, -0.05) is 19.1 Å². The van der Waals surface area contributed by atoms with Crippen molar-refractivity contribution in [2.45, 2.75) is 26.4 Å². The number of esters is 1. The molecular formula is C17H16N2O4S. The van der Waals surface area contributed by atoms with E-state index in [0.29, 0.717) is 17.5 Å². The highest BCUT2D eigenvalue weighted by Gasteiger charge is 2.36. The molecule has 0 aliphatic carbocycles. The number of hydrogen-bond acceptors (Lipinski definition) is 6. The van der Waals surface area contributed by atoms with Gasteiger partial charge in [0.1, 0.15) is 6.54 Å². The number of thioether (sulfide) groups is 1. The number of benzene rings is 1. The van der Waals surface area contributed by atoms with Crippen molar-refractivity contribution in [1.82, 2.24) is 4.90 Å². The normalized spacial score (nSPS) is 17.0. The van der Waals surface area contributed by atoms with Crippen molar-refractivity contribution in [2.75, 3.05) is 6.54 Å². The summed E-state index contributed by atoms with van der Waals surface area (Å²) in [4.78, 5) is 37.1. The maximum Gasteiger partial charge on any atom is 0.326 e. The van der Waals surface area contributed by atoms with E-state index in [1.807, 2.05) is 13.0 Å². The minimum absolute atomic E-state index is 0.237. The minimum atomic E-state index is -0.605. The number of amides is 2. The van der Waals surface area contributed by atoms with E-state index in [9.17, 15) is 14.4 Å². The molecule has 1 atom stereocenters. The lowest BCUT2D eigenvalue weighted by Crippen LogP contribution is -2.35. The van der Waals surface area contributed by atoms with Crippen molar-refractivity contribution >= 4 is 35.0 Å². The van der Waals surface area contributed by atoms with Gasteiger partial charge in [-0.3, -0.25) is 19.3 Å². The Morgan fingerprint density at radius 2 is 2.04 bits per heavy atom. The van der Waals surface area contributed by atoms with E-state index >= 15 is 0 Å². The fraction of sp³-hybridized carbons (Fsp3) is 0.294. The molecule has 1 heterocycles. The van der Waals surface area contributed by atoms with Gasteiger partial charge in [-0.05, 0) is 48.9 Å². The van der Waals surface area contributed by atoms with Crippen LogP contribution in [0.4, 0.5) is 4.79 Å². The third-order valence-electron chi connectivity index (χ3n) is 3.41. The predicted molar refractivity (Wildman–Crippen MR) is 89.7 cm³/mol. The van der Waals surface area contributed by atoms with Crippen molar-refractivity contribution in [2.24, 2.45) is 0 Å². The van der Waals surface area contributed by atoms with Crippen molar-refractivity contribution in [1.29, 1.82) is 5.26 Å². The number of rotatable bonds is 5. The van der Waals surface area contributed by atoms with Crippen LogP contribution in [-0.4, -0.2) is 34.7 Å². The molecule has 124 valence electrons. The number of nitriles is 1. The van der Waals surface area contributed by atoms with Crippen LogP contribution in [0.1, 0.15) is 31.4 Å². The number of ether oxygens (including phenoxy) is 1. The van der Waals surface area contributed by atoms with E-state index in [2.05, 4.69) is 0 Å². The Labute approximate surface area is 144 Å². The molecule has 0 unspecified atom stereocenters. The molecular weight excluding hydrogens is 328 g/mol. The largest absolute Gasteiger partial charge is 0.461 e. The zero-order chi connectivity index (χ0) is 17.7. The van der Waals surface area contributed by atoms with Crippen LogP contribution in [0.3, 0.4) is 0 Å². The van der Waals surface area contributed by atoms with Crippen LogP contribution >= 0.6 is 11.8 Å². The molecule has 1 aromatic rings. The second kappa shape index (κ2) is 7.79. The van der Waals surface area contributed by atoms with Crippen LogP contribution in [0, 0.1) is 11.3 Å². The summed E-state index contributed by atoms with van der Waals surface area (Å²) in [5, 5.41) is 8.27. The molecule has 0 saturated carbocycles. The van der Waals surface area contributed by atoms with Gasteiger partial charge < -0.3 is 4.74 Å². The van der Waals surface area contributed by atoms with Gasteiger partial charge in [0.05, 0.1) is 22.6 Å². The molecule has 1 aromatic carbocycles. The first kappa shape index (κ1) is 17.8. The van der Waals surface area contributed by atoms with Crippen molar-refractivity contribution in [3.63, 3.8) is 0 Å². The van der Waals surface area contributed by atoms with E-state index < -0.39 is 17.1 Å². The lowest BCUT2D eigenvalue weighted by Gasteiger charge is -2.14. The van der Waals surface area contributed by atoms with Gasteiger partial charge in [0.2, 0.25) is 0 Å². The molecule has 0 radical (unpaired) electrons. The summed E-state index contributed by atoms with van der Waals surface area (Å²) in [6.07, 6.45) is 1.96. The van der Waals surface area contributed by atoms with Crippen LogP contribution in [0.5, 0.6) is 0 Å². The quantitative estimate of drug-likeness (QED) is 0.603. The first-order valence-corrected chi connectivity index (χ1v) is 8.21. The third kappa shape index (κ3) is 4.24. The maximum atomic E-state index is 12.3. The summed E-state index contributed by atoms with van der Waals surface area (Å²) in [6.45, 7) is 3.23. The molecule has 1 fully saturated rings. The van der Waals surface area contributed by atoms with Gasteiger partial charge in [0.25, 0.3) is 11.1 Å². The smallest absolute Gasteiger partial charge is 0.326 e. The maximum absolute atomic E-state index is 12.3. The van der Waals surface area contributed by atoms with Crippen LogP contribution in [0.25, 0.3) is 6.08 Å². The Morgan fingerprint density at radius 1 is 1.38 bits per heavy atom. The van der Waals surface area contributed by atoms with Crippen LogP contribution in [0.15, 0.2) is 29.2 Å². The third-order valence-corrected chi connectivity index (χ3v) is 4.31. The minimum Gasteiger partial charge on any atom is -0.461 e. The molecule has 1 aliphatic heterocycles. The van der Waals surface area contributed by atoms with Crippen LogP contribution in [-0.2, 0) is 14.3 Å². The lowest BCUT2D eigenvalue weighted by atomic mass is 10.1. The Kier molecular flexibility index (Phi) is 5.77. The monoisotopic (exact) mass is 344 g/mol. The lowest BCUT2D eigenvalue weighted by molar-refractivity contribution is -0.150. The van der Waals surface area contributed by atoms with Crippen molar-refractivity contribution < 1.29 is 19.1 Å². The molecule has 1 saturated heterocycles. The molecule has 6 nitrogen and oxygen atoms in total. The van der Waals surface area contributed by atoms with Gasteiger partial charge in [0, 0.05) is 0 Å². The Balaban J connectivity index is 2.09. The summed E-state index contributed by atoms with van der Waals surface area (Å²) in [7, 11) is 0. The molecule has 0 spiro atoms.